The Morgan fingerprint density at radius 2 is 1.88 bits per heavy atom. The molecule has 138 valence electrons. The summed E-state index contributed by atoms with van der Waals surface area (Å²) in [5.74, 6) is -0.424. The van der Waals surface area contributed by atoms with Gasteiger partial charge in [0, 0.05) is 6.92 Å². The number of benzene rings is 1. The number of hydrogen-bond donors (Lipinski definition) is 2. The third-order valence-electron chi connectivity index (χ3n) is 3.75. The van der Waals surface area contributed by atoms with Crippen molar-refractivity contribution in [3.05, 3.63) is 22.2 Å². The van der Waals surface area contributed by atoms with Crippen LogP contribution in [0.4, 0.5) is 17.1 Å². The first-order valence-corrected chi connectivity index (χ1v) is 9.79. The third kappa shape index (κ3) is 5.59. The molecule has 1 aromatic rings. The summed E-state index contributed by atoms with van der Waals surface area (Å²) in [7, 11) is -3.63. The van der Waals surface area contributed by atoms with Crippen LogP contribution in [0.15, 0.2) is 12.1 Å². The maximum absolute atomic E-state index is 11.6. The zero-order valence-electron chi connectivity index (χ0n) is 14.1. The molecule has 0 heterocycles. The van der Waals surface area contributed by atoms with Crippen molar-refractivity contribution >= 4 is 33.0 Å². The van der Waals surface area contributed by atoms with E-state index in [-0.39, 0.29) is 28.9 Å². The highest BCUT2D eigenvalue weighted by molar-refractivity contribution is 7.92. The second-order valence-electron chi connectivity index (χ2n) is 6.06. The van der Waals surface area contributed by atoms with E-state index in [9.17, 15) is 23.3 Å². The van der Waals surface area contributed by atoms with Gasteiger partial charge in [0.1, 0.15) is 5.69 Å². The van der Waals surface area contributed by atoms with E-state index in [2.05, 4.69) is 10.0 Å². The summed E-state index contributed by atoms with van der Waals surface area (Å²) in [4.78, 5) is 21.9. The zero-order valence-corrected chi connectivity index (χ0v) is 14.9. The summed E-state index contributed by atoms with van der Waals surface area (Å²) in [6.45, 7) is 1.21. The lowest BCUT2D eigenvalue weighted by Crippen LogP contribution is -2.21. The lowest BCUT2D eigenvalue weighted by molar-refractivity contribution is -0.384. The van der Waals surface area contributed by atoms with Crippen LogP contribution in [0.5, 0.6) is 5.75 Å². The van der Waals surface area contributed by atoms with Crippen LogP contribution in [0.1, 0.15) is 39.0 Å². The van der Waals surface area contributed by atoms with Crippen LogP contribution in [-0.4, -0.2) is 31.6 Å². The minimum absolute atomic E-state index is 0.0578. The average Bonchev–Trinajstić information content (AvgIpc) is 2.48. The standard InChI is InChI=1S/C15H21N3O6S/c1-10(19)16-12-8-13(17-25(2,22)23)15(9-14(12)18(20)21)24-11-6-4-3-5-7-11/h8-9,11,17H,3-7H2,1-2H3,(H,16,19). The van der Waals surface area contributed by atoms with Gasteiger partial charge >= 0.3 is 0 Å². The van der Waals surface area contributed by atoms with Gasteiger partial charge in [0.2, 0.25) is 15.9 Å². The van der Waals surface area contributed by atoms with Gasteiger partial charge in [-0.05, 0) is 31.7 Å². The largest absolute Gasteiger partial charge is 0.488 e. The van der Waals surface area contributed by atoms with Gasteiger partial charge in [-0.15, -0.1) is 0 Å². The first-order valence-electron chi connectivity index (χ1n) is 7.90. The van der Waals surface area contributed by atoms with E-state index in [1.165, 1.54) is 13.0 Å². The summed E-state index contributed by atoms with van der Waals surface area (Å²) in [5.41, 5.74) is -0.401. The fraction of sp³-hybridized carbons (Fsp3) is 0.533. The Kier molecular flexibility index (Phi) is 5.83. The molecule has 1 saturated carbocycles. The molecule has 0 bridgehead atoms. The SMILES string of the molecule is CC(=O)Nc1cc(NS(C)(=O)=O)c(OC2CCCCC2)cc1[N+](=O)[O-]. The highest BCUT2D eigenvalue weighted by atomic mass is 32.2. The van der Waals surface area contributed by atoms with Gasteiger partial charge in [-0.25, -0.2) is 8.42 Å². The second-order valence-corrected chi connectivity index (χ2v) is 7.80. The number of anilines is 2. The van der Waals surface area contributed by atoms with E-state index in [1.54, 1.807) is 0 Å². The number of hydrogen-bond acceptors (Lipinski definition) is 6. The Hall–Kier alpha value is -2.36. The van der Waals surface area contributed by atoms with Gasteiger partial charge in [0.15, 0.2) is 5.75 Å². The summed E-state index contributed by atoms with van der Waals surface area (Å²) >= 11 is 0. The van der Waals surface area contributed by atoms with Crippen LogP contribution in [0.2, 0.25) is 0 Å². The molecule has 1 aromatic carbocycles. The predicted molar refractivity (Wildman–Crippen MR) is 93.4 cm³/mol. The maximum Gasteiger partial charge on any atom is 0.296 e. The summed E-state index contributed by atoms with van der Waals surface area (Å²) < 4.78 is 31.4. The first-order chi connectivity index (χ1) is 11.7. The van der Waals surface area contributed by atoms with E-state index >= 15 is 0 Å². The fourth-order valence-electron chi connectivity index (χ4n) is 2.75. The number of amides is 1. The average molecular weight is 371 g/mol. The van der Waals surface area contributed by atoms with Crippen molar-refractivity contribution in [2.75, 3.05) is 16.3 Å². The molecule has 0 atom stereocenters. The number of carbonyl (C=O) groups is 1. The van der Waals surface area contributed by atoms with E-state index in [4.69, 9.17) is 4.74 Å². The van der Waals surface area contributed by atoms with E-state index in [0.717, 1.165) is 44.4 Å². The second kappa shape index (κ2) is 7.68. The molecule has 1 fully saturated rings. The predicted octanol–water partition coefficient (Wildman–Crippen LogP) is 2.64. The van der Waals surface area contributed by atoms with Crippen LogP contribution in [0.25, 0.3) is 0 Å². The van der Waals surface area contributed by atoms with Gasteiger partial charge in [-0.3, -0.25) is 19.6 Å². The number of nitro benzene ring substituents is 1. The van der Waals surface area contributed by atoms with Crippen molar-refractivity contribution in [2.45, 2.75) is 45.1 Å². The molecule has 0 radical (unpaired) electrons. The van der Waals surface area contributed by atoms with E-state index in [0.29, 0.717) is 0 Å². The molecule has 2 rings (SSSR count). The molecule has 0 unspecified atom stereocenters. The molecule has 9 nitrogen and oxygen atoms in total. The molecule has 25 heavy (non-hydrogen) atoms. The smallest absolute Gasteiger partial charge is 0.296 e. The topological polar surface area (TPSA) is 128 Å². The quantitative estimate of drug-likeness (QED) is 0.584. The van der Waals surface area contributed by atoms with E-state index in [1.807, 2.05) is 0 Å². The van der Waals surface area contributed by atoms with Gasteiger partial charge in [-0.1, -0.05) is 6.42 Å². The van der Waals surface area contributed by atoms with Gasteiger partial charge in [0.05, 0.1) is 29.0 Å². The van der Waals surface area contributed by atoms with Crippen LogP contribution in [-0.2, 0) is 14.8 Å². The molecule has 0 aromatic heterocycles. The highest BCUT2D eigenvalue weighted by Crippen LogP contribution is 2.38. The Morgan fingerprint density at radius 3 is 2.40 bits per heavy atom. The summed E-state index contributed by atoms with van der Waals surface area (Å²) in [6, 6.07) is 2.35. The zero-order chi connectivity index (χ0) is 18.6. The molecule has 1 aliphatic carbocycles. The minimum atomic E-state index is -3.63. The number of nitrogens with zero attached hydrogens (tertiary/aromatic N) is 1. The van der Waals surface area contributed by atoms with Crippen LogP contribution in [0, 0.1) is 10.1 Å². The number of carbonyl (C=O) groups excluding carboxylic acids is 1. The normalized spacial score (nSPS) is 15.4. The third-order valence-corrected chi connectivity index (χ3v) is 4.34. The highest BCUT2D eigenvalue weighted by Gasteiger charge is 2.24. The van der Waals surface area contributed by atoms with Crippen molar-refractivity contribution < 1.29 is 22.9 Å². The Balaban J connectivity index is 2.46. The Labute approximate surface area is 145 Å². The lowest BCUT2D eigenvalue weighted by Gasteiger charge is -2.24. The molecule has 0 aliphatic heterocycles. The molecular weight excluding hydrogens is 350 g/mol. The number of sulfonamides is 1. The Bertz CT molecular complexity index is 772. The van der Waals surface area contributed by atoms with Crippen molar-refractivity contribution in [1.82, 2.24) is 0 Å². The number of ether oxygens (including phenoxy) is 1. The van der Waals surface area contributed by atoms with Crippen molar-refractivity contribution in [1.29, 1.82) is 0 Å². The molecule has 2 N–H and O–H groups in total. The van der Waals surface area contributed by atoms with Gasteiger partial charge in [0.25, 0.3) is 5.69 Å². The van der Waals surface area contributed by atoms with Crippen molar-refractivity contribution in [3.63, 3.8) is 0 Å². The number of rotatable bonds is 6. The van der Waals surface area contributed by atoms with E-state index < -0.39 is 20.9 Å². The molecule has 10 heteroatoms. The molecular formula is C15H21N3O6S. The first kappa shape index (κ1) is 19.0. The molecule has 1 aliphatic rings. The monoisotopic (exact) mass is 371 g/mol. The van der Waals surface area contributed by atoms with Crippen molar-refractivity contribution in [2.24, 2.45) is 0 Å². The van der Waals surface area contributed by atoms with Gasteiger partial charge < -0.3 is 10.1 Å². The van der Waals surface area contributed by atoms with Crippen LogP contribution in [0.3, 0.4) is 0 Å². The fourth-order valence-corrected chi connectivity index (χ4v) is 3.31. The van der Waals surface area contributed by atoms with Crippen molar-refractivity contribution in [3.8, 4) is 5.75 Å². The summed E-state index contributed by atoms with van der Waals surface area (Å²) in [5, 5.41) is 13.6. The van der Waals surface area contributed by atoms with Crippen LogP contribution < -0.4 is 14.8 Å². The molecule has 0 spiro atoms. The maximum atomic E-state index is 11.6. The number of nitrogens with one attached hydrogen (secondary N) is 2. The molecule has 1 amide bonds. The summed E-state index contributed by atoms with van der Waals surface area (Å²) in [6.07, 6.45) is 5.54. The lowest BCUT2D eigenvalue weighted by atomic mass is 9.98. The van der Waals surface area contributed by atoms with Gasteiger partial charge in [-0.2, -0.15) is 0 Å². The number of nitro groups is 1. The van der Waals surface area contributed by atoms with Crippen LogP contribution >= 0.6 is 0 Å². The Morgan fingerprint density at radius 1 is 1.24 bits per heavy atom. The molecule has 0 saturated heterocycles. The minimum Gasteiger partial charge on any atom is -0.488 e.